The number of benzene rings is 1. The number of nitrogens with zero attached hydrogens (tertiary/aromatic N) is 3. The lowest BCUT2D eigenvalue weighted by Gasteiger charge is -2.11. The quantitative estimate of drug-likeness (QED) is 0.496. The van der Waals surface area contributed by atoms with Gasteiger partial charge in [0.2, 0.25) is 0 Å². The highest BCUT2D eigenvalue weighted by molar-refractivity contribution is 6.01. The van der Waals surface area contributed by atoms with Gasteiger partial charge < -0.3 is 9.74 Å². The maximum atomic E-state index is 11.8. The van der Waals surface area contributed by atoms with Crippen molar-refractivity contribution in [3.63, 3.8) is 0 Å². The molecule has 1 aromatic heterocycles. The van der Waals surface area contributed by atoms with Gasteiger partial charge in [-0.1, -0.05) is 24.3 Å². The molecule has 0 spiro atoms. The monoisotopic (exact) mass is 408 g/mol. The minimum Gasteiger partial charge on any atom is -0.378 e. The summed E-state index contributed by atoms with van der Waals surface area (Å²) in [6, 6.07) is 12.3. The van der Waals surface area contributed by atoms with Crippen molar-refractivity contribution < 1.29 is 23.8 Å². The Bertz CT molecular complexity index is 918. The highest BCUT2D eigenvalue weighted by atomic mass is 16.7. The number of anilines is 1. The van der Waals surface area contributed by atoms with Crippen molar-refractivity contribution in [1.29, 1.82) is 0 Å². The van der Waals surface area contributed by atoms with Gasteiger partial charge in [0.05, 0.1) is 6.42 Å². The van der Waals surface area contributed by atoms with Gasteiger partial charge in [-0.05, 0) is 23.3 Å². The normalized spacial score (nSPS) is 13.9. The molecule has 0 saturated carbocycles. The van der Waals surface area contributed by atoms with Crippen molar-refractivity contribution in [2.24, 2.45) is 0 Å². The number of pyridine rings is 1. The number of hydrogen-bond donors (Lipinski definition) is 0. The van der Waals surface area contributed by atoms with Crippen LogP contribution in [0.15, 0.2) is 48.8 Å². The molecule has 3 rings (SSSR count). The number of hydroxylamine groups is 2. The summed E-state index contributed by atoms with van der Waals surface area (Å²) in [5, 5.41) is 0.588. The number of aryl methyl sites for hydroxylation is 1. The first kappa shape index (κ1) is 21.2. The molecule has 1 fully saturated rings. The van der Waals surface area contributed by atoms with Gasteiger partial charge in [0.15, 0.2) is 12.4 Å². The summed E-state index contributed by atoms with van der Waals surface area (Å²) in [6.45, 7) is 0.632. The third-order valence-corrected chi connectivity index (χ3v) is 4.79. The van der Waals surface area contributed by atoms with Gasteiger partial charge in [-0.3, -0.25) is 9.59 Å². The zero-order valence-corrected chi connectivity index (χ0v) is 17.3. The molecule has 0 aliphatic carbocycles. The van der Waals surface area contributed by atoms with Crippen LogP contribution in [0.4, 0.5) is 5.69 Å². The molecule has 1 aromatic carbocycles. The zero-order chi connectivity index (χ0) is 21.5. The lowest BCUT2D eigenvalue weighted by Crippen LogP contribution is -2.34. The molecular weight excluding hydrogens is 382 g/mol. The average molecular weight is 408 g/mol. The molecule has 2 aromatic rings. The second-order valence-electron chi connectivity index (χ2n) is 7.34. The third-order valence-electron chi connectivity index (χ3n) is 4.79. The van der Waals surface area contributed by atoms with Crippen LogP contribution in [0, 0.1) is 0 Å². The number of carbonyl (C=O) groups excluding carboxylic acids is 3. The van der Waals surface area contributed by atoms with Gasteiger partial charge in [0.25, 0.3) is 11.8 Å². The molecule has 156 valence electrons. The van der Waals surface area contributed by atoms with Gasteiger partial charge in [0.1, 0.15) is 6.54 Å². The van der Waals surface area contributed by atoms with E-state index in [4.69, 9.17) is 4.84 Å². The van der Waals surface area contributed by atoms with Crippen molar-refractivity contribution >= 4 is 35.6 Å². The summed E-state index contributed by atoms with van der Waals surface area (Å²) in [4.78, 5) is 41.6. The molecule has 1 saturated heterocycles. The fourth-order valence-electron chi connectivity index (χ4n) is 3.02. The molecule has 2 amide bonds. The molecule has 1 aliphatic rings. The zero-order valence-electron chi connectivity index (χ0n) is 17.3. The Morgan fingerprint density at radius 1 is 1.00 bits per heavy atom. The molecule has 0 atom stereocenters. The van der Waals surface area contributed by atoms with Gasteiger partial charge in [-0.2, -0.15) is 0 Å². The first-order valence-electron chi connectivity index (χ1n) is 9.93. The van der Waals surface area contributed by atoms with Crippen LogP contribution < -0.4 is 9.47 Å². The van der Waals surface area contributed by atoms with Crippen LogP contribution in [0.25, 0.3) is 12.2 Å². The van der Waals surface area contributed by atoms with E-state index in [1.54, 1.807) is 0 Å². The van der Waals surface area contributed by atoms with Crippen LogP contribution in [0.5, 0.6) is 0 Å². The van der Waals surface area contributed by atoms with Crippen LogP contribution in [0.1, 0.15) is 36.8 Å². The number of aromatic nitrogens is 1. The van der Waals surface area contributed by atoms with Gasteiger partial charge in [-0.15, -0.1) is 5.06 Å². The Labute approximate surface area is 176 Å². The lowest BCUT2D eigenvalue weighted by molar-refractivity contribution is -0.697. The Morgan fingerprint density at radius 2 is 1.57 bits per heavy atom. The third kappa shape index (κ3) is 5.76. The molecule has 1 aliphatic heterocycles. The predicted molar refractivity (Wildman–Crippen MR) is 113 cm³/mol. The summed E-state index contributed by atoms with van der Waals surface area (Å²) in [7, 11) is 4.03. The fourth-order valence-corrected chi connectivity index (χ4v) is 3.02. The first-order chi connectivity index (χ1) is 14.4. The Morgan fingerprint density at radius 3 is 2.13 bits per heavy atom. The topological polar surface area (TPSA) is 70.8 Å². The number of amides is 2. The van der Waals surface area contributed by atoms with E-state index in [0.29, 0.717) is 18.0 Å². The van der Waals surface area contributed by atoms with E-state index in [1.165, 1.54) is 0 Å². The molecule has 0 unspecified atom stereocenters. The summed E-state index contributed by atoms with van der Waals surface area (Å²) in [5.74, 6) is -1.49. The molecule has 0 N–H and O–H groups in total. The average Bonchev–Trinajstić information content (AvgIpc) is 3.05. The Kier molecular flexibility index (Phi) is 6.95. The first-order valence-corrected chi connectivity index (χ1v) is 9.93. The highest BCUT2D eigenvalue weighted by Crippen LogP contribution is 2.15. The van der Waals surface area contributed by atoms with E-state index in [0.717, 1.165) is 16.8 Å². The van der Waals surface area contributed by atoms with Gasteiger partial charge >= 0.3 is 5.97 Å². The number of rotatable bonds is 8. The van der Waals surface area contributed by atoms with Gasteiger partial charge in [-0.25, -0.2) is 9.36 Å². The van der Waals surface area contributed by atoms with Crippen molar-refractivity contribution in [3.8, 4) is 0 Å². The molecule has 7 heteroatoms. The molecule has 30 heavy (non-hydrogen) atoms. The smallest absolute Gasteiger partial charge is 0.333 e. The summed E-state index contributed by atoms with van der Waals surface area (Å²) >= 11 is 0. The van der Waals surface area contributed by atoms with E-state index >= 15 is 0 Å². The van der Waals surface area contributed by atoms with E-state index in [-0.39, 0.29) is 19.3 Å². The second kappa shape index (κ2) is 9.82. The summed E-state index contributed by atoms with van der Waals surface area (Å²) in [6.07, 6.45) is 8.91. The SMILES string of the molecule is CN(C)c1ccc(/C=C/c2cc[n+](CCCC(=O)ON3C(=O)CCC3=O)cc2)cc1. The van der Waals surface area contributed by atoms with Crippen molar-refractivity contribution in [2.45, 2.75) is 32.2 Å². The molecule has 0 radical (unpaired) electrons. The van der Waals surface area contributed by atoms with Crippen LogP contribution in [0.2, 0.25) is 0 Å². The van der Waals surface area contributed by atoms with Crippen LogP contribution in [0.3, 0.4) is 0 Å². The van der Waals surface area contributed by atoms with Crippen molar-refractivity contribution in [1.82, 2.24) is 5.06 Å². The summed E-state index contributed by atoms with van der Waals surface area (Å²) < 4.78 is 1.97. The lowest BCUT2D eigenvalue weighted by atomic mass is 10.1. The van der Waals surface area contributed by atoms with E-state index in [9.17, 15) is 14.4 Å². The van der Waals surface area contributed by atoms with Crippen molar-refractivity contribution in [3.05, 3.63) is 59.9 Å². The largest absolute Gasteiger partial charge is 0.378 e. The molecule has 7 nitrogen and oxygen atoms in total. The molecular formula is C23H26N3O4+. The van der Waals surface area contributed by atoms with E-state index in [1.807, 2.05) is 43.2 Å². The Balaban J connectivity index is 1.44. The van der Waals surface area contributed by atoms with Crippen LogP contribution in [-0.4, -0.2) is 36.9 Å². The second-order valence-corrected chi connectivity index (χ2v) is 7.34. The molecule has 2 heterocycles. The predicted octanol–water partition coefficient (Wildman–Crippen LogP) is 2.60. The van der Waals surface area contributed by atoms with Crippen molar-refractivity contribution in [2.75, 3.05) is 19.0 Å². The minimum atomic E-state index is -0.570. The number of imide groups is 1. The van der Waals surface area contributed by atoms with Crippen LogP contribution >= 0.6 is 0 Å². The maximum absolute atomic E-state index is 11.8. The standard InChI is InChI=1S/C23H26N3O4/c1-24(2)20-9-7-18(8-10-20)5-6-19-13-16-25(17-14-19)15-3-4-23(29)30-26-21(27)11-12-22(26)28/h5-10,13-14,16-17H,3-4,11-12,15H2,1-2H3/q+1. The van der Waals surface area contributed by atoms with Gasteiger partial charge in [0, 0.05) is 51.2 Å². The summed E-state index contributed by atoms with van der Waals surface area (Å²) in [5.41, 5.74) is 3.37. The van der Waals surface area contributed by atoms with E-state index < -0.39 is 17.8 Å². The van der Waals surface area contributed by atoms with E-state index in [2.05, 4.69) is 41.3 Å². The maximum Gasteiger partial charge on any atom is 0.333 e. The minimum absolute atomic E-state index is 0.101. The highest BCUT2D eigenvalue weighted by Gasteiger charge is 2.32. The number of carbonyl (C=O) groups is 3. The Hall–Kier alpha value is -3.48. The molecule has 0 bridgehead atoms. The fraction of sp³-hybridized carbons (Fsp3) is 0.304. The number of hydrogen-bond acceptors (Lipinski definition) is 5. The van der Waals surface area contributed by atoms with Crippen LogP contribution in [-0.2, 0) is 25.8 Å².